The normalized spacial score (nSPS) is 10.1. The van der Waals surface area contributed by atoms with Crippen molar-refractivity contribution in [1.82, 2.24) is 4.57 Å². The van der Waals surface area contributed by atoms with Gasteiger partial charge in [-0.05, 0) is 17.8 Å². The van der Waals surface area contributed by atoms with E-state index >= 15 is 0 Å². The van der Waals surface area contributed by atoms with Crippen molar-refractivity contribution in [2.45, 2.75) is 13.8 Å². The largest absolute Gasteiger partial charge is 4.00 e. The number of hydrogen-bond acceptors (Lipinski definition) is 0. The second-order valence-corrected chi connectivity index (χ2v) is 7.60. The molecule has 0 aliphatic heterocycles. The summed E-state index contributed by atoms with van der Waals surface area (Å²) in [5.41, 5.74) is 6.54. The van der Waals surface area contributed by atoms with Crippen molar-refractivity contribution in [3.8, 4) is 5.69 Å². The van der Waals surface area contributed by atoms with Crippen molar-refractivity contribution in [3.63, 3.8) is 0 Å². The Morgan fingerprint density at radius 2 is 1.28 bits per heavy atom. The Morgan fingerprint density at radius 3 is 1.78 bits per heavy atom. The summed E-state index contributed by atoms with van der Waals surface area (Å²) in [4.78, 5) is 0. The molecule has 1 heterocycles. The zero-order valence-corrected chi connectivity index (χ0v) is 23.1. The molecular formula is C28H23Cl2HfN. The molecule has 0 fully saturated rings. The van der Waals surface area contributed by atoms with Gasteiger partial charge in [-0.25, -0.2) is 12.1 Å². The van der Waals surface area contributed by atoms with Crippen LogP contribution in [0.2, 0.25) is 0 Å². The first kappa shape index (κ1) is 26.1. The van der Waals surface area contributed by atoms with Crippen molar-refractivity contribution >= 4 is 32.6 Å². The molecule has 1 nitrogen and oxygen atoms in total. The summed E-state index contributed by atoms with van der Waals surface area (Å²) in [6.07, 6.45) is 0. The fourth-order valence-electron chi connectivity index (χ4n) is 4.06. The molecule has 0 aliphatic carbocycles. The van der Waals surface area contributed by atoms with Crippen molar-refractivity contribution in [2.24, 2.45) is 0 Å². The van der Waals surface area contributed by atoms with E-state index < -0.39 is 0 Å². The molecule has 0 saturated heterocycles. The Morgan fingerprint density at radius 1 is 0.719 bits per heavy atom. The number of aromatic nitrogens is 1. The number of fused-ring (bicyclic) bond motifs is 4. The van der Waals surface area contributed by atoms with Gasteiger partial charge in [0.2, 0.25) is 0 Å². The van der Waals surface area contributed by atoms with Gasteiger partial charge in [0.1, 0.15) is 0 Å². The van der Waals surface area contributed by atoms with Gasteiger partial charge in [0.15, 0.2) is 0 Å². The molecule has 32 heavy (non-hydrogen) atoms. The van der Waals surface area contributed by atoms with Crippen LogP contribution in [0.25, 0.3) is 38.3 Å². The van der Waals surface area contributed by atoms with E-state index in [0.29, 0.717) is 0 Å². The Kier molecular flexibility index (Phi) is 9.09. The molecule has 0 bridgehead atoms. The molecular weight excluding hydrogens is 600 g/mol. The second-order valence-electron chi connectivity index (χ2n) is 7.60. The summed E-state index contributed by atoms with van der Waals surface area (Å²) in [7, 11) is 0. The Hall–Kier alpha value is -2.13. The van der Waals surface area contributed by atoms with E-state index in [1.165, 1.54) is 49.4 Å². The molecule has 0 N–H and O–H groups in total. The van der Waals surface area contributed by atoms with Gasteiger partial charge in [-0.15, -0.1) is 41.1 Å². The van der Waals surface area contributed by atoms with Crippen LogP contribution in [-0.2, 0) is 25.8 Å². The first-order chi connectivity index (χ1) is 14.2. The number of rotatable bonds is 1. The topological polar surface area (TPSA) is 4.93 Å². The Bertz CT molecular complexity index is 1340. The minimum Gasteiger partial charge on any atom is -1.00 e. The average molecular weight is 623 g/mol. The van der Waals surface area contributed by atoms with Crippen LogP contribution in [0.15, 0.2) is 103 Å². The van der Waals surface area contributed by atoms with Gasteiger partial charge >= 0.3 is 25.8 Å². The van der Waals surface area contributed by atoms with E-state index in [9.17, 15) is 0 Å². The summed E-state index contributed by atoms with van der Waals surface area (Å²) in [6, 6.07) is 36.7. The third-order valence-corrected chi connectivity index (χ3v) is 5.76. The first-order valence-electron chi connectivity index (χ1n) is 10.1. The van der Waals surface area contributed by atoms with Crippen LogP contribution in [0.5, 0.6) is 0 Å². The molecule has 0 aliphatic rings. The van der Waals surface area contributed by atoms with E-state index in [1.54, 1.807) is 0 Å². The number of aryl methyl sites for hydroxylation is 2. The quantitative estimate of drug-likeness (QED) is 0.194. The molecule has 0 amide bonds. The third-order valence-electron chi connectivity index (χ3n) is 5.76. The van der Waals surface area contributed by atoms with Gasteiger partial charge in [0.05, 0.1) is 11.0 Å². The summed E-state index contributed by atoms with van der Waals surface area (Å²) in [5.74, 6) is 0. The molecule has 0 radical (unpaired) electrons. The van der Waals surface area contributed by atoms with Gasteiger partial charge in [0.25, 0.3) is 0 Å². The zero-order valence-electron chi connectivity index (χ0n) is 18.0. The van der Waals surface area contributed by atoms with Crippen LogP contribution in [0, 0.1) is 13.8 Å². The molecule has 4 heteroatoms. The van der Waals surface area contributed by atoms with Crippen molar-refractivity contribution in [2.75, 3.05) is 0 Å². The molecule has 5 aromatic carbocycles. The number of nitrogens with zero attached hydrogens (tertiary/aromatic N) is 1. The van der Waals surface area contributed by atoms with E-state index in [1.807, 2.05) is 0 Å². The number of benzene rings is 3. The van der Waals surface area contributed by atoms with Crippen LogP contribution < -0.4 is 24.8 Å². The van der Waals surface area contributed by atoms with Gasteiger partial charge < -0.3 is 29.4 Å². The number of para-hydroxylation sites is 2. The Labute approximate surface area is 220 Å². The maximum atomic E-state index is 2.37. The second kappa shape index (κ2) is 11.1. The minimum absolute atomic E-state index is 0. The fourth-order valence-corrected chi connectivity index (χ4v) is 4.06. The predicted octanol–water partition coefficient (Wildman–Crippen LogP) is 1.68. The fraction of sp³-hybridized carbons (Fsp3) is 0.0714. The molecule has 6 aromatic rings. The molecule has 1 aromatic heterocycles. The van der Waals surface area contributed by atoms with Gasteiger partial charge in [0, 0.05) is 10.8 Å². The van der Waals surface area contributed by atoms with E-state index in [2.05, 4.69) is 122 Å². The molecule has 158 valence electrons. The summed E-state index contributed by atoms with van der Waals surface area (Å²) < 4.78 is 2.37. The SMILES string of the molecule is Cc1ccc[c-]1C.[Cl-].[Cl-].[Hf+4].c1ccc2[cH-]c(-n3c4ccccc4c4ccccc43)cc2c1. The number of hydrogen-bond donors (Lipinski definition) is 0. The van der Waals surface area contributed by atoms with E-state index in [4.69, 9.17) is 0 Å². The smallest absolute Gasteiger partial charge is 1.00 e. The standard InChI is InChI=1S/C21H14N.C7H9.2ClH.Hf/c1-2-8-16-14-17(13-15(16)7-1)22-20-11-5-3-9-18(20)19-10-4-6-12-21(19)22;1-6-4-3-5-7(6)2;;;/h1-14H;3-5H,1-2H3;2*1H;/q2*-1;;;+4/p-2. The van der Waals surface area contributed by atoms with Gasteiger partial charge in [-0.2, -0.15) is 17.2 Å². The van der Waals surface area contributed by atoms with Crippen LogP contribution >= 0.6 is 0 Å². The van der Waals surface area contributed by atoms with Crippen molar-refractivity contribution in [1.29, 1.82) is 0 Å². The van der Waals surface area contributed by atoms with Gasteiger partial charge in [-0.3, -0.25) is 0 Å². The maximum Gasteiger partial charge on any atom is 4.00 e. The molecule has 0 unspecified atom stereocenters. The van der Waals surface area contributed by atoms with E-state index in [-0.39, 0.29) is 50.7 Å². The summed E-state index contributed by atoms with van der Waals surface area (Å²) >= 11 is 0. The molecule has 0 spiro atoms. The maximum absolute atomic E-state index is 2.37. The predicted molar refractivity (Wildman–Crippen MR) is 125 cm³/mol. The molecule has 0 saturated carbocycles. The minimum atomic E-state index is 0. The van der Waals surface area contributed by atoms with E-state index in [0.717, 1.165) is 0 Å². The monoisotopic (exact) mass is 623 g/mol. The average Bonchev–Trinajstić information content (AvgIpc) is 3.43. The van der Waals surface area contributed by atoms with Gasteiger partial charge in [-0.1, -0.05) is 56.3 Å². The summed E-state index contributed by atoms with van der Waals surface area (Å²) in [6.45, 7) is 4.24. The summed E-state index contributed by atoms with van der Waals surface area (Å²) in [5, 5.41) is 5.20. The third kappa shape index (κ3) is 4.78. The molecule has 0 atom stereocenters. The van der Waals surface area contributed by atoms with Crippen LogP contribution in [-0.4, -0.2) is 4.57 Å². The van der Waals surface area contributed by atoms with Crippen LogP contribution in [0.4, 0.5) is 0 Å². The zero-order chi connectivity index (χ0) is 19.8. The van der Waals surface area contributed by atoms with Crippen LogP contribution in [0.3, 0.4) is 0 Å². The van der Waals surface area contributed by atoms with Crippen LogP contribution in [0.1, 0.15) is 11.1 Å². The van der Waals surface area contributed by atoms with Crippen molar-refractivity contribution < 1.29 is 50.7 Å². The first-order valence-corrected chi connectivity index (χ1v) is 10.1. The Balaban J connectivity index is 0.000000317. The molecule has 6 rings (SSSR count). The van der Waals surface area contributed by atoms with Crippen molar-refractivity contribution in [3.05, 3.63) is 114 Å². The number of halogens is 2.